The van der Waals surface area contributed by atoms with Crippen molar-refractivity contribution in [3.63, 3.8) is 0 Å². The molecule has 2 amide bonds. The Hall–Kier alpha value is -3.53. The van der Waals surface area contributed by atoms with Gasteiger partial charge in [0, 0.05) is 45.1 Å². The van der Waals surface area contributed by atoms with E-state index in [0.717, 1.165) is 22.0 Å². The number of ketones is 1. The van der Waals surface area contributed by atoms with Crippen LogP contribution in [0.2, 0.25) is 0 Å². The van der Waals surface area contributed by atoms with Gasteiger partial charge in [0.1, 0.15) is 0 Å². The number of hydrazine groups is 1. The van der Waals surface area contributed by atoms with Gasteiger partial charge in [-0.05, 0) is 56.8 Å². The maximum absolute atomic E-state index is 13.9. The summed E-state index contributed by atoms with van der Waals surface area (Å²) in [5.74, 6) is -0.300. The van der Waals surface area contributed by atoms with E-state index in [9.17, 15) is 14.4 Å². The van der Waals surface area contributed by atoms with Gasteiger partial charge in [-0.3, -0.25) is 19.4 Å². The molecule has 214 valence electrons. The second kappa shape index (κ2) is 12.3. The van der Waals surface area contributed by atoms with Crippen molar-refractivity contribution in [3.8, 4) is 0 Å². The molecule has 0 bridgehead atoms. The summed E-state index contributed by atoms with van der Waals surface area (Å²) in [7, 11) is 7.19. The number of hydrogen-bond acceptors (Lipinski definition) is 6. The number of para-hydroxylation sites is 1. The minimum absolute atomic E-state index is 0.0158. The molecule has 0 radical (unpaired) electrons. The second-order valence-electron chi connectivity index (χ2n) is 11.2. The lowest BCUT2D eigenvalue weighted by molar-refractivity contribution is -0.159. The first kappa shape index (κ1) is 29.5. The summed E-state index contributed by atoms with van der Waals surface area (Å²) in [4.78, 5) is 45.9. The summed E-state index contributed by atoms with van der Waals surface area (Å²) < 4.78 is 0. The van der Waals surface area contributed by atoms with Crippen LogP contribution in [0.1, 0.15) is 41.4 Å². The molecular formula is C31H42N6O3. The summed E-state index contributed by atoms with van der Waals surface area (Å²) in [6, 6.07) is 16.4. The molecule has 1 aromatic heterocycles. The van der Waals surface area contributed by atoms with Crippen LogP contribution in [-0.4, -0.2) is 90.9 Å². The summed E-state index contributed by atoms with van der Waals surface area (Å²) in [6.45, 7) is 2.64. The number of nitrogens with zero attached hydrogens (tertiary/aromatic N) is 3. The van der Waals surface area contributed by atoms with Gasteiger partial charge < -0.3 is 20.9 Å². The van der Waals surface area contributed by atoms with Crippen LogP contribution in [0.3, 0.4) is 0 Å². The monoisotopic (exact) mass is 546 g/mol. The number of nitrogens with one attached hydrogen (secondary N) is 2. The van der Waals surface area contributed by atoms with E-state index in [1.807, 2.05) is 75.6 Å². The number of amides is 2. The van der Waals surface area contributed by atoms with Crippen molar-refractivity contribution in [1.29, 1.82) is 0 Å². The molecule has 2 aromatic carbocycles. The first-order valence-corrected chi connectivity index (χ1v) is 13.9. The first-order valence-electron chi connectivity index (χ1n) is 13.9. The Morgan fingerprint density at radius 3 is 2.42 bits per heavy atom. The average Bonchev–Trinajstić information content (AvgIpc) is 3.33. The van der Waals surface area contributed by atoms with Crippen molar-refractivity contribution >= 4 is 28.5 Å². The predicted molar refractivity (Wildman–Crippen MR) is 158 cm³/mol. The van der Waals surface area contributed by atoms with Crippen LogP contribution < -0.4 is 11.1 Å². The fourth-order valence-electron chi connectivity index (χ4n) is 5.74. The molecular weight excluding hydrogens is 504 g/mol. The molecule has 0 saturated carbocycles. The Morgan fingerprint density at radius 1 is 1.07 bits per heavy atom. The van der Waals surface area contributed by atoms with E-state index in [4.69, 9.17) is 5.73 Å². The van der Waals surface area contributed by atoms with Crippen molar-refractivity contribution in [2.45, 2.75) is 44.7 Å². The minimum Gasteiger partial charge on any atom is -0.352 e. The number of likely N-dealkylation sites (tertiary alicyclic amines) is 1. The number of carbonyl (C=O) groups excluding carboxylic acids is 3. The van der Waals surface area contributed by atoms with Crippen molar-refractivity contribution in [3.05, 3.63) is 71.4 Å². The normalized spacial score (nSPS) is 19.0. The lowest BCUT2D eigenvalue weighted by Gasteiger charge is -2.45. The summed E-state index contributed by atoms with van der Waals surface area (Å²) in [5.41, 5.74) is 8.95. The zero-order valence-corrected chi connectivity index (χ0v) is 24.2. The van der Waals surface area contributed by atoms with E-state index in [2.05, 4.69) is 10.3 Å². The van der Waals surface area contributed by atoms with E-state index < -0.39 is 11.5 Å². The van der Waals surface area contributed by atoms with E-state index in [1.165, 1.54) is 0 Å². The number of Topliss-reactive ketones (excluding diaryl/α,β-unsaturated/α-hetero) is 1. The fraction of sp³-hybridized carbons (Fsp3) is 0.452. The number of hydrogen-bond donors (Lipinski definition) is 3. The molecule has 1 aliphatic rings. The quantitative estimate of drug-likeness (QED) is 0.266. The Kier molecular flexibility index (Phi) is 9.08. The number of aromatic amines is 1. The highest BCUT2D eigenvalue weighted by Gasteiger charge is 2.46. The molecule has 0 spiro atoms. The van der Waals surface area contributed by atoms with Crippen LogP contribution in [-0.2, 0) is 22.4 Å². The van der Waals surface area contributed by atoms with Crippen molar-refractivity contribution in [2.24, 2.45) is 11.1 Å². The van der Waals surface area contributed by atoms with Gasteiger partial charge in [-0.25, -0.2) is 5.01 Å². The topological polar surface area (TPSA) is 115 Å². The highest BCUT2D eigenvalue weighted by atomic mass is 16.2. The lowest BCUT2D eigenvalue weighted by atomic mass is 9.74. The molecule has 0 aliphatic carbocycles. The molecule has 1 saturated heterocycles. The van der Waals surface area contributed by atoms with Crippen molar-refractivity contribution in [2.75, 3.05) is 41.3 Å². The Labute approximate surface area is 236 Å². The minimum atomic E-state index is -0.857. The number of carbonyl (C=O) groups is 3. The third kappa shape index (κ3) is 5.96. The molecule has 1 fully saturated rings. The Balaban J connectivity index is 1.62. The highest BCUT2D eigenvalue weighted by Crippen LogP contribution is 2.36. The molecule has 4 N–H and O–H groups in total. The number of benzene rings is 2. The largest absolute Gasteiger partial charge is 0.352 e. The number of H-pyrrole nitrogens is 1. The van der Waals surface area contributed by atoms with Crippen LogP contribution in [0.4, 0.5) is 0 Å². The number of nitrogens with two attached hydrogens (primary N) is 1. The SMILES string of the molecule is CNC(C)C(=O)c1[nH]c2ccccc2c1C[C@@H](N)C(=O)N1CCCC(Cc2ccccc2)(C(=O)N(C)N(C)C)C1. The Morgan fingerprint density at radius 2 is 1.75 bits per heavy atom. The van der Waals surface area contributed by atoms with Gasteiger partial charge in [0.05, 0.1) is 23.2 Å². The van der Waals surface area contributed by atoms with Gasteiger partial charge in [-0.1, -0.05) is 48.5 Å². The molecule has 4 rings (SSSR count). The van der Waals surface area contributed by atoms with Gasteiger partial charge in [0.25, 0.3) is 0 Å². The van der Waals surface area contributed by atoms with Gasteiger partial charge in [0.2, 0.25) is 11.8 Å². The predicted octanol–water partition coefficient (Wildman–Crippen LogP) is 2.61. The highest BCUT2D eigenvalue weighted by molar-refractivity contribution is 6.05. The van der Waals surface area contributed by atoms with Gasteiger partial charge in [-0.2, -0.15) is 0 Å². The molecule has 2 unspecified atom stereocenters. The third-order valence-electron chi connectivity index (χ3n) is 8.25. The third-order valence-corrected chi connectivity index (χ3v) is 8.25. The van der Waals surface area contributed by atoms with E-state index >= 15 is 0 Å². The van der Waals surface area contributed by atoms with Gasteiger partial charge >= 0.3 is 0 Å². The smallest absolute Gasteiger partial charge is 0.244 e. The van der Waals surface area contributed by atoms with E-state index in [1.54, 1.807) is 29.0 Å². The molecule has 2 heterocycles. The summed E-state index contributed by atoms with van der Waals surface area (Å²) in [6.07, 6.45) is 2.14. The standard InChI is InChI=1S/C31H42N6O3/c1-21(33-2)28(38)27-24(23-14-9-10-15-26(23)34-27)18-25(32)29(39)37-17-11-16-31(20-37,30(40)36(5)35(3)4)19-22-12-7-6-8-13-22/h6-10,12-15,21,25,33-34H,11,16-20,32H2,1-5H3/t21?,25-,31?/m1/s1. The van der Waals surface area contributed by atoms with E-state index in [0.29, 0.717) is 38.0 Å². The number of likely N-dealkylation sites (N-methyl/N-ethyl adjacent to an activating group) is 1. The molecule has 3 aromatic rings. The van der Waals surface area contributed by atoms with Gasteiger partial charge in [-0.15, -0.1) is 0 Å². The molecule has 9 heteroatoms. The number of piperidine rings is 1. The zero-order valence-electron chi connectivity index (χ0n) is 24.2. The molecule has 9 nitrogen and oxygen atoms in total. The van der Waals surface area contributed by atoms with Crippen molar-refractivity contribution in [1.82, 2.24) is 25.2 Å². The maximum atomic E-state index is 13.9. The lowest BCUT2D eigenvalue weighted by Crippen LogP contribution is -2.58. The fourth-order valence-corrected chi connectivity index (χ4v) is 5.74. The number of aromatic nitrogens is 1. The van der Waals surface area contributed by atoms with Gasteiger partial charge in [0.15, 0.2) is 5.78 Å². The molecule has 40 heavy (non-hydrogen) atoms. The van der Waals surface area contributed by atoms with Crippen LogP contribution in [0.15, 0.2) is 54.6 Å². The van der Waals surface area contributed by atoms with Crippen LogP contribution in [0, 0.1) is 5.41 Å². The number of fused-ring (bicyclic) bond motifs is 1. The average molecular weight is 547 g/mol. The zero-order chi connectivity index (χ0) is 29.0. The summed E-state index contributed by atoms with van der Waals surface area (Å²) in [5, 5.41) is 7.29. The molecule has 1 aliphatic heterocycles. The summed E-state index contributed by atoms with van der Waals surface area (Å²) >= 11 is 0. The maximum Gasteiger partial charge on any atom is 0.244 e. The second-order valence-corrected chi connectivity index (χ2v) is 11.2. The first-order chi connectivity index (χ1) is 19.1. The number of rotatable bonds is 10. The van der Waals surface area contributed by atoms with Crippen LogP contribution >= 0.6 is 0 Å². The molecule has 3 atom stereocenters. The van der Waals surface area contributed by atoms with E-state index in [-0.39, 0.29) is 30.1 Å². The Bertz CT molecular complexity index is 1350. The van der Waals surface area contributed by atoms with Crippen LogP contribution in [0.5, 0.6) is 0 Å². The van der Waals surface area contributed by atoms with Crippen LogP contribution in [0.25, 0.3) is 10.9 Å². The van der Waals surface area contributed by atoms with Crippen molar-refractivity contribution < 1.29 is 14.4 Å².